The van der Waals surface area contributed by atoms with E-state index in [0.717, 1.165) is 0 Å². The van der Waals surface area contributed by atoms with Crippen molar-refractivity contribution in [3.05, 3.63) is 48.0 Å². The van der Waals surface area contributed by atoms with Crippen LogP contribution in [0.3, 0.4) is 0 Å². The number of hydrogen-bond acceptors (Lipinski definition) is 6. The SMILES string of the molecule is [2H]C([2H])([2H])Oc1ccc(C[C@@H](C)NCC([2H])([2H])Oc2ccccc2OC([2H])([2H])C([2H])([2H])[2H])cc1S(N)(=O)=O. The lowest BCUT2D eigenvalue weighted by molar-refractivity contribution is 0.272. The Kier molecular flexibility index (Phi) is 4.29. The summed E-state index contributed by atoms with van der Waals surface area (Å²) in [5, 5.41) is 8.09. The van der Waals surface area contributed by atoms with Gasteiger partial charge in [-0.2, -0.15) is 0 Å². The zero-order chi connectivity index (χ0) is 29.2. The van der Waals surface area contributed by atoms with E-state index in [1.54, 1.807) is 6.92 Å². The van der Waals surface area contributed by atoms with Crippen molar-refractivity contribution in [3.63, 3.8) is 0 Å². The predicted molar refractivity (Wildman–Crippen MR) is 109 cm³/mol. The van der Waals surface area contributed by atoms with E-state index in [2.05, 4.69) is 5.32 Å². The first-order valence-corrected chi connectivity index (χ1v) is 9.69. The third-order valence-electron chi connectivity index (χ3n) is 3.68. The van der Waals surface area contributed by atoms with Crippen LogP contribution in [0.1, 0.15) is 33.0 Å². The Morgan fingerprint density at radius 3 is 2.61 bits per heavy atom. The smallest absolute Gasteiger partial charge is 0.241 e. The summed E-state index contributed by atoms with van der Waals surface area (Å²) in [4.78, 5) is -0.509. The lowest BCUT2D eigenvalue weighted by Crippen LogP contribution is -2.32. The molecule has 2 aromatic carbocycles. The lowest BCUT2D eigenvalue weighted by atomic mass is 10.1. The number of hydrogen-bond donors (Lipinski definition) is 2. The molecule has 1 atom stereocenters. The fourth-order valence-electron chi connectivity index (χ4n) is 2.42. The fraction of sp³-hybridized carbons (Fsp3) is 0.400. The van der Waals surface area contributed by atoms with Gasteiger partial charge in [0, 0.05) is 16.7 Å². The summed E-state index contributed by atoms with van der Waals surface area (Å²) in [6.07, 6.45) is 0.186. The first kappa shape index (κ1) is 11.6. The Labute approximate surface area is 180 Å². The number of para-hydroxylation sites is 2. The number of nitrogens with two attached hydrogens (primary N) is 1. The molecule has 0 aromatic heterocycles. The second kappa shape index (κ2) is 10.3. The normalized spacial score (nSPS) is 19.6. The topological polar surface area (TPSA) is 99.9 Å². The van der Waals surface area contributed by atoms with Crippen molar-refractivity contribution < 1.29 is 36.3 Å². The number of nitrogens with one attached hydrogen (secondary N) is 1. The molecule has 0 amide bonds. The summed E-state index contributed by atoms with van der Waals surface area (Å²) >= 11 is 0. The molecule has 0 fully saturated rings. The molecule has 0 aliphatic rings. The summed E-state index contributed by atoms with van der Waals surface area (Å²) in [5.41, 5.74) is 0.444. The van der Waals surface area contributed by atoms with Crippen molar-refractivity contribution in [2.75, 3.05) is 26.7 Å². The van der Waals surface area contributed by atoms with Crippen molar-refractivity contribution in [1.82, 2.24) is 5.32 Å². The van der Waals surface area contributed by atoms with Gasteiger partial charge in [0.05, 0.1) is 23.2 Å². The molecule has 0 spiro atoms. The van der Waals surface area contributed by atoms with Crippen molar-refractivity contribution in [1.29, 1.82) is 0 Å². The van der Waals surface area contributed by atoms with Gasteiger partial charge in [-0.3, -0.25) is 0 Å². The average Bonchev–Trinajstić information content (AvgIpc) is 2.72. The first-order valence-electron chi connectivity index (χ1n) is 13.1. The van der Waals surface area contributed by atoms with Gasteiger partial charge in [-0.15, -0.1) is 0 Å². The minimum atomic E-state index is -4.31. The van der Waals surface area contributed by atoms with E-state index in [0.29, 0.717) is 5.56 Å². The van der Waals surface area contributed by atoms with Crippen LogP contribution in [0.2, 0.25) is 0 Å². The van der Waals surface area contributed by atoms with Gasteiger partial charge in [-0.25, -0.2) is 13.6 Å². The molecule has 0 unspecified atom stereocenters. The molecule has 28 heavy (non-hydrogen) atoms. The van der Waals surface area contributed by atoms with E-state index in [1.165, 1.54) is 42.5 Å². The second-order valence-electron chi connectivity index (χ2n) is 5.81. The summed E-state index contributed by atoms with van der Waals surface area (Å²) in [5.74, 6) is -0.950. The van der Waals surface area contributed by atoms with Gasteiger partial charge in [-0.05, 0) is 50.0 Å². The maximum absolute atomic E-state index is 11.9. The molecule has 0 saturated heterocycles. The maximum atomic E-state index is 11.9. The zero-order valence-corrected chi connectivity index (χ0v) is 15.9. The van der Waals surface area contributed by atoms with Crippen molar-refractivity contribution in [2.24, 2.45) is 5.14 Å². The minimum Gasteiger partial charge on any atom is -0.495 e. The molecule has 154 valence electrons. The quantitative estimate of drug-likeness (QED) is 0.581. The first-order chi connectivity index (χ1) is 17.1. The van der Waals surface area contributed by atoms with E-state index in [-0.39, 0.29) is 24.5 Å². The van der Waals surface area contributed by atoms with Gasteiger partial charge in [0.1, 0.15) is 17.2 Å². The van der Waals surface area contributed by atoms with E-state index in [1.807, 2.05) is 0 Å². The Balaban J connectivity index is 2.10. The fourth-order valence-corrected chi connectivity index (χ4v) is 3.12. The van der Waals surface area contributed by atoms with Crippen LogP contribution in [0, 0.1) is 0 Å². The van der Waals surface area contributed by atoms with Crippen LogP contribution in [-0.2, 0) is 16.4 Å². The number of primary sulfonamides is 1. The lowest BCUT2D eigenvalue weighted by Gasteiger charge is -2.16. The largest absolute Gasteiger partial charge is 0.495 e. The van der Waals surface area contributed by atoms with Crippen LogP contribution >= 0.6 is 0 Å². The molecule has 3 N–H and O–H groups in total. The van der Waals surface area contributed by atoms with Gasteiger partial charge in [0.25, 0.3) is 0 Å². The number of ether oxygens (including phenoxy) is 3. The molecule has 2 rings (SSSR count). The summed E-state index contributed by atoms with van der Waals surface area (Å²) < 4.78 is 114. The van der Waals surface area contributed by atoms with Crippen LogP contribution in [0.5, 0.6) is 17.2 Å². The van der Waals surface area contributed by atoms with Crippen LogP contribution in [0.15, 0.2) is 47.4 Å². The van der Waals surface area contributed by atoms with Crippen molar-refractivity contribution in [3.8, 4) is 17.2 Å². The highest BCUT2D eigenvalue weighted by Crippen LogP contribution is 2.26. The van der Waals surface area contributed by atoms with Crippen LogP contribution in [0.25, 0.3) is 0 Å². The van der Waals surface area contributed by atoms with Crippen molar-refractivity contribution >= 4 is 10.0 Å². The Morgan fingerprint density at radius 2 is 1.93 bits per heavy atom. The predicted octanol–water partition coefficient (Wildman–Crippen LogP) is 2.34. The number of benzene rings is 2. The zero-order valence-electron chi connectivity index (χ0n) is 25.1. The molecule has 0 bridgehead atoms. The van der Waals surface area contributed by atoms with E-state index < -0.39 is 53.7 Å². The van der Waals surface area contributed by atoms with Crippen LogP contribution in [0.4, 0.5) is 0 Å². The molecule has 0 aliphatic heterocycles. The minimum absolute atomic E-state index is 0.186. The Morgan fingerprint density at radius 1 is 1.18 bits per heavy atom. The van der Waals surface area contributed by atoms with Crippen LogP contribution in [-0.4, -0.2) is 41.2 Å². The summed E-state index contributed by atoms with van der Waals surface area (Å²) in [7, 11) is -7.20. The van der Waals surface area contributed by atoms with Gasteiger partial charge in [0.15, 0.2) is 11.5 Å². The highest BCUT2D eigenvalue weighted by Gasteiger charge is 2.16. The molecule has 0 saturated carbocycles. The Hall–Kier alpha value is -2.29. The molecule has 7 nitrogen and oxygen atoms in total. The molecular formula is C20H28N2O5S. The number of rotatable bonds is 11. The highest BCUT2D eigenvalue weighted by atomic mass is 32.2. The van der Waals surface area contributed by atoms with Crippen molar-refractivity contribution in [2.45, 2.75) is 31.1 Å². The van der Waals surface area contributed by atoms with Gasteiger partial charge < -0.3 is 19.5 Å². The van der Waals surface area contributed by atoms with Gasteiger partial charge in [-0.1, -0.05) is 18.2 Å². The molecule has 0 heterocycles. The third kappa shape index (κ3) is 6.40. The molecular weight excluding hydrogens is 380 g/mol. The molecule has 0 aliphatic carbocycles. The number of sulfonamides is 1. The van der Waals surface area contributed by atoms with E-state index in [9.17, 15) is 8.42 Å². The molecule has 0 radical (unpaired) electrons. The molecule has 8 heteroatoms. The van der Waals surface area contributed by atoms with E-state index >= 15 is 0 Å². The standard InChI is InChI=1S/C20H28N2O5S/c1-4-26-17-7-5-6-8-18(17)27-12-11-22-15(2)13-16-9-10-19(25-3)20(14-16)28(21,23)24/h5-10,14-15,22H,4,11-13H2,1-3H3,(H2,21,23,24)/t15-/m1/s1/i1D3,3D3,4D2,12D2. The Bertz CT molecular complexity index is 1220. The third-order valence-corrected chi connectivity index (χ3v) is 4.61. The summed E-state index contributed by atoms with van der Waals surface area (Å²) in [6, 6.07) is 8.81. The average molecular weight is 419 g/mol. The highest BCUT2D eigenvalue weighted by molar-refractivity contribution is 7.89. The van der Waals surface area contributed by atoms with Gasteiger partial charge in [0.2, 0.25) is 10.0 Å². The summed E-state index contributed by atoms with van der Waals surface area (Å²) in [6.45, 7) is -7.20. The van der Waals surface area contributed by atoms with E-state index in [4.69, 9.17) is 33.1 Å². The van der Waals surface area contributed by atoms with Crippen LogP contribution < -0.4 is 24.7 Å². The molecule has 2 aromatic rings. The van der Waals surface area contributed by atoms with Gasteiger partial charge >= 0.3 is 0 Å². The second-order valence-corrected chi connectivity index (χ2v) is 7.34. The maximum Gasteiger partial charge on any atom is 0.241 e. The monoisotopic (exact) mass is 418 g/mol. The number of methoxy groups -OCH3 is 1.